The van der Waals surface area contributed by atoms with Gasteiger partial charge >= 0.3 is 0 Å². The van der Waals surface area contributed by atoms with Crippen molar-refractivity contribution in [3.8, 4) is 0 Å². The molecule has 4 rings (SSSR count). The van der Waals surface area contributed by atoms with Crippen LogP contribution in [0.15, 0.2) is 29.4 Å². The highest BCUT2D eigenvalue weighted by atomic mass is 32.2. The zero-order valence-electron chi connectivity index (χ0n) is 16.6. The molecule has 0 unspecified atom stereocenters. The SMILES string of the molecule is O=C(N[C@H]1COC[C@@H]1O)c1n[nH]c2c1CCN(C(=O)CSc1ccccn1)C2.O=CO. The molecule has 1 fully saturated rings. The first-order valence-electron chi connectivity index (χ1n) is 9.55. The summed E-state index contributed by atoms with van der Waals surface area (Å²) in [5.41, 5.74) is 1.92. The lowest BCUT2D eigenvalue weighted by atomic mass is 10.0. The summed E-state index contributed by atoms with van der Waals surface area (Å²) in [4.78, 5) is 39.3. The molecule has 0 radical (unpaired) electrons. The van der Waals surface area contributed by atoms with E-state index in [1.807, 2.05) is 18.2 Å². The molecule has 4 N–H and O–H groups in total. The third kappa shape index (κ3) is 5.81. The molecule has 2 aromatic rings. The first-order valence-corrected chi connectivity index (χ1v) is 10.5. The molecule has 0 spiro atoms. The van der Waals surface area contributed by atoms with Gasteiger partial charge in [0.1, 0.15) is 0 Å². The number of hydrogen-bond acceptors (Lipinski definition) is 8. The second-order valence-corrected chi connectivity index (χ2v) is 7.84. The van der Waals surface area contributed by atoms with E-state index in [0.717, 1.165) is 16.3 Å². The quantitative estimate of drug-likeness (QED) is 0.354. The largest absolute Gasteiger partial charge is 0.483 e. The minimum atomic E-state index is -0.705. The van der Waals surface area contributed by atoms with Crippen LogP contribution >= 0.6 is 11.8 Å². The summed E-state index contributed by atoms with van der Waals surface area (Å²) < 4.78 is 5.15. The van der Waals surface area contributed by atoms with Gasteiger partial charge in [-0.3, -0.25) is 19.5 Å². The molecule has 166 valence electrons. The van der Waals surface area contributed by atoms with Crippen LogP contribution < -0.4 is 5.32 Å². The van der Waals surface area contributed by atoms with Crippen molar-refractivity contribution in [3.63, 3.8) is 0 Å². The van der Waals surface area contributed by atoms with Gasteiger partial charge in [-0.05, 0) is 18.6 Å². The predicted molar refractivity (Wildman–Crippen MR) is 109 cm³/mol. The third-order valence-corrected chi connectivity index (χ3v) is 5.78. The second-order valence-electron chi connectivity index (χ2n) is 6.84. The number of aromatic nitrogens is 3. The van der Waals surface area contributed by atoms with Gasteiger partial charge in [-0.25, -0.2) is 4.98 Å². The number of rotatable bonds is 5. The minimum Gasteiger partial charge on any atom is -0.483 e. The van der Waals surface area contributed by atoms with E-state index in [1.54, 1.807) is 11.1 Å². The molecule has 0 aromatic carbocycles. The number of fused-ring (bicyclic) bond motifs is 1. The number of amides is 2. The van der Waals surface area contributed by atoms with Crippen LogP contribution in [-0.4, -0.2) is 86.2 Å². The highest BCUT2D eigenvalue weighted by molar-refractivity contribution is 7.99. The standard InChI is InChI=1S/C18H21N5O4S.CH2O2/c24-14-9-27-8-13(14)20-18(26)17-11-4-6-23(7-12(11)21-22-17)16(25)10-28-15-3-1-2-5-19-15;2-1-3/h1-3,5,13-14,24H,4,6-10H2,(H,20,26)(H,21,22);1H,(H,2,3)/t13-,14-;/m0./s1. The van der Waals surface area contributed by atoms with Gasteiger partial charge in [0, 0.05) is 18.3 Å². The van der Waals surface area contributed by atoms with Crippen molar-refractivity contribution < 1.29 is 29.3 Å². The van der Waals surface area contributed by atoms with Crippen molar-refractivity contribution in [2.24, 2.45) is 0 Å². The molecule has 2 aromatic heterocycles. The molecule has 2 aliphatic heterocycles. The summed E-state index contributed by atoms with van der Waals surface area (Å²) >= 11 is 1.40. The van der Waals surface area contributed by atoms with Crippen LogP contribution in [0.25, 0.3) is 0 Å². The van der Waals surface area contributed by atoms with E-state index in [-0.39, 0.29) is 31.5 Å². The van der Waals surface area contributed by atoms with Gasteiger partial charge in [0.25, 0.3) is 12.4 Å². The molecular weight excluding hydrogens is 426 g/mol. The fourth-order valence-electron chi connectivity index (χ4n) is 3.30. The Morgan fingerprint density at radius 2 is 2.19 bits per heavy atom. The van der Waals surface area contributed by atoms with Crippen LogP contribution in [0.1, 0.15) is 21.7 Å². The highest BCUT2D eigenvalue weighted by Crippen LogP contribution is 2.22. The Bertz CT molecular complexity index is 908. The van der Waals surface area contributed by atoms with Crippen molar-refractivity contribution in [2.75, 3.05) is 25.5 Å². The van der Waals surface area contributed by atoms with E-state index in [9.17, 15) is 14.7 Å². The van der Waals surface area contributed by atoms with Crippen LogP contribution in [0, 0.1) is 0 Å². The summed E-state index contributed by atoms with van der Waals surface area (Å²) in [7, 11) is 0. The number of aromatic amines is 1. The average molecular weight is 449 g/mol. The zero-order chi connectivity index (χ0) is 22.2. The lowest BCUT2D eigenvalue weighted by Gasteiger charge is -2.26. The Morgan fingerprint density at radius 1 is 1.39 bits per heavy atom. The summed E-state index contributed by atoms with van der Waals surface area (Å²) in [6, 6.07) is 5.18. The molecule has 1 saturated heterocycles. The Morgan fingerprint density at radius 3 is 2.87 bits per heavy atom. The number of carbonyl (C=O) groups excluding carboxylic acids is 2. The Balaban J connectivity index is 0.000000858. The maximum atomic E-state index is 12.5. The number of carboxylic acid groups (broad SMARTS) is 1. The van der Waals surface area contributed by atoms with Crippen LogP contribution in [0.3, 0.4) is 0 Å². The number of pyridine rings is 1. The molecular formula is C19H23N5O6S. The van der Waals surface area contributed by atoms with Gasteiger partial charge in [0.05, 0.1) is 48.4 Å². The number of ether oxygens (including phenoxy) is 1. The molecule has 11 nitrogen and oxygen atoms in total. The van der Waals surface area contributed by atoms with E-state index in [4.69, 9.17) is 14.6 Å². The Hall–Kier alpha value is -2.96. The highest BCUT2D eigenvalue weighted by Gasteiger charge is 2.31. The first-order chi connectivity index (χ1) is 15.0. The lowest BCUT2D eigenvalue weighted by Crippen LogP contribution is -2.43. The molecule has 2 atom stereocenters. The van der Waals surface area contributed by atoms with Crippen molar-refractivity contribution in [1.82, 2.24) is 25.4 Å². The summed E-state index contributed by atoms with van der Waals surface area (Å²) in [5.74, 6) is -0.00131. The minimum absolute atomic E-state index is 0.0214. The van der Waals surface area contributed by atoms with Crippen molar-refractivity contribution in [2.45, 2.75) is 30.1 Å². The predicted octanol–water partition coefficient (Wildman–Crippen LogP) is -0.328. The molecule has 12 heteroatoms. The van der Waals surface area contributed by atoms with E-state index in [1.165, 1.54) is 11.8 Å². The van der Waals surface area contributed by atoms with Crippen molar-refractivity contribution >= 4 is 30.0 Å². The topological polar surface area (TPSA) is 158 Å². The second kappa shape index (κ2) is 10.9. The van der Waals surface area contributed by atoms with E-state index < -0.39 is 12.1 Å². The van der Waals surface area contributed by atoms with E-state index >= 15 is 0 Å². The third-order valence-electron chi connectivity index (χ3n) is 4.85. The number of carbonyl (C=O) groups is 3. The maximum absolute atomic E-state index is 12.5. The number of aliphatic hydroxyl groups is 1. The molecule has 0 aliphatic carbocycles. The normalized spacial score (nSPS) is 19.7. The summed E-state index contributed by atoms with van der Waals surface area (Å²) in [6.07, 6.45) is 1.55. The molecule has 0 bridgehead atoms. The number of nitrogens with zero attached hydrogens (tertiary/aromatic N) is 3. The molecule has 4 heterocycles. The van der Waals surface area contributed by atoms with Crippen LogP contribution in [0.5, 0.6) is 0 Å². The Kier molecular flexibility index (Phi) is 7.98. The van der Waals surface area contributed by atoms with Gasteiger partial charge < -0.3 is 25.2 Å². The summed E-state index contributed by atoms with van der Waals surface area (Å²) in [5, 5.41) is 27.3. The van der Waals surface area contributed by atoms with Gasteiger partial charge in [-0.1, -0.05) is 17.8 Å². The fraction of sp³-hybridized carbons (Fsp3) is 0.421. The molecule has 0 saturated carbocycles. The number of nitrogens with one attached hydrogen (secondary N) is 2. The Labute approximate surface area is 182 Å². The monoisotopic (exact) mass is 449 g/mol. The van der Waals surface area contributed by atoms with Gasteiger partial charge in [0.15, 0.2) is 5.69 Å². The number of hydrogen-bond donors (Lipinski definition) is 4. The smallest absolute Gasteiger partial charge is 0.290 e. The van der Waals surface area contributed by atoms with Crippen LogP contribution in [0.2, 0.25) is 0 Å². The zero-order valence-corrected chi connectivity index (χ0v) is 17.4. The number of H-pyrrole nitrogens is 1. The molecule has 2 amide bonds. The van der Waals surface area contributed by atoms with Crippen molar-refractivity contribution in [1.29, 1.82) is 0 Å². The van der Waals surface area contributed by atoms with Gasteiger partial charge in [-0.2, -0.15) is 5.10 Å². The van der Waals surface area contributed by atoms with Crippen LogP contribution in [0.4, 0.5) is 0 Å². The molecule has 31 heavy (non-hydrogen) atoms. The number of aliphatic hydroxyl groups excluding tert-OH is 1. The van der Waals surface area contributed by atoms with Gasteiger partial charge in [-0.15, -0.1) is 0 Å². The lowest BCUT2D eigenvalue weighted by molar-refractivity contribution is -0.129. The van der Waals surface area contributed by atoms with Crippen molar-refractivity contribution in [3.05, 3.63) is 41.3 Å². The maximum Gasteiger partial charge on any atom is 0.290 e. The van der Waals surface area contributed by atoms with Gasteiger partial charge in [0.2, 0.25) is 5.91 Å². The number of thioether (sulfide) groups is 1. The average Bonchev–Trinajstić information content (AvgIpc) is 3.39. The van der Waals surface area contributed by atoms with E-state index in [0.29, 0.717) is 31.0 Å². The van der Waals surface area contributed by atoms with E-state index in [2.05, 4.69) is 20.5 Å². The van der Waals surface area contributed by atoms with Crippen LogP contribution in [-0.2, 0) is 27.3 Å². The fourth-order valence-corrected chi connectivity index (χ4v) is 4.06. The first kappa shape index (κ1) is 22.7. The summed E-state index contributed by atoms with van der Waals surface area (Å²) in [6.45, 7) is 1.18. The molecule has 2 aliphatic rings.